The van der Waals surface area contributed by atoms with Gasteiger partial charge in [0.15, 0.2) is 0 Å². The zero-order valence-electron chi connectivity index (χ0n) is 17.5. The van der Waals surface area contributed by atoms with Crippen molar-refractivity contribution >= 4 is 17.5 Å². The zero-order valence-corrected chi connectivity index (χ0v) is 17.5. The summed E-state index contributed by atoms with van der Waals surface area (Å²) in [4.78, 5) is 33.9. The third-order valence-electron chi connectivity index (χ3n) is 5.32. The van der Waals surface area contributed by atoms with E-state index < -0.39 is 6.04 Å². The normalized spacial score (nSPS) is 17.3. The highest BCUT2D eigenvalue weighted by Crippen LogP contribution is 2.25. The van der Waals surface area contributed by atoms with Crippen LogP contribution < -0.4 is 0 Å². The molecule has 0 saturated carbocycles. The lowest BCUT2D eigenvalue weighted by atomic mass is 9.99. The van der Waals surface area contributed by atoms with Crippen molar-refractivity contribution in [3.05, 3.63) is 59.7 Å². The number of likely N-dealkylation sites (N-methyl/N-ethyl adjacent to an activating group) is 1. The molecular formula is C23H27N3O4. The number of aliphatic hydroxyl groups is 1. The van der Waals surface area contributed by atoms with Gasteiger partial charge < -0.3 is 19.7 Å². The Kier molecular flexibility index (Phi) is 6.84. The molecule has 0 radical (unpaired) electrons. The van der Waals surface area contributed by atoms with E-state index in [4.69, 9.17) is 9.94 Å². The average Bonchev–Trinajstić information content (AvgIpc) is 3.17. The molecule has 158 valence electrons. The van der Waals surface area contributed by atoms with Gasteiger partial charge in [-0.05, 0) is 35.7 Å². The Hall–Kier alpha value is -3.19. The number of amides is 2. The zero-order chi connectivity index (χ0) is 21.7. The van der Waals surface area contributed by atoms with Gasteiger partial charge in [0, 0.05) is 25.6 Å². The second-order valence-corrected chi connectivity index (χ2v) is 7.37. The molecule has 1 aliphatic rings. The summed E-state index contributed by atoms with van der Waals surface area (Å²) in [5.41, 5.74) is 4.45. The summed E-state index contributed by atoms with van der Waals surface area (Å²) in [6, 6.07) is 14.8. The fourth-order valence-electron chi connectivity index (χ4n) is 3.70. The number of likely N-dealkylation sites (tertiary alicyclic amines) is 1. The van der Waals surface area contributed by atoms with Gasteiger partial charge in [0.2, 0.25) is 5.91 Å². The molecule has 1 atom stereocenters. The number of hydrogen-bond donors (Lipinski definition) is 1. The van der Waals surface area contributed by atoms with Crippen LogP contribution in [-0.4, -0.2) is 72.3 Å². The molecule has 2 aromatic rings. The number of hydrogen-bond acceptors (Lipinski definition) is 5. The van der Waals surface area contributed by atoms with Crippen LogP contribution in [0.1, 0.15) is 22.3 Å². The van der Waals surface area contributed by atoms with E-state index in [1.165, 1.54) is 16.9 Å². The Morgan fingerprint density at radius 2 is 1.90 bits per heavy atom. The largest absolute Gasteiger partial charge is 0.399 e. The first-order valence-electron chi connectivity index (χ1n) is 9.88. The highest BCUT2D eigenvalue weighted by atomic mass is 16.6. The molecule has 1 aliphatic heterocycles. The van der Waals surface area contributed by atoms with Gasteiger partial charge in [0.25, 0.3) is 5.91 Å². The summed E-state index contributed by atoms with van der Waals surface area (Å²) in [6.07, 6.45) is 0.315. The van der Waals surface area contributed by atoms with Crippen LogP contribution in [0.5, 0.6) is 0 Å². The summed E-state index contributed by atoms with van der Waals surface area (Å²) < 4.78 is 0. The molecule has 1 N–H and O–H groups in total. The minimum Gasteiger partial charge on any atom is -0.399 e. The quantitative estimate of drug-likeness (QED) is 0.743. The number of aliphatic hydroxyl groups excluding tert-OH is 1. The Labute approximate surface area is 176 Å². The second kappa shape index (κ2) is 9.54. The Balaban J connectivity index is 1.84. The maximum absolute atomic E-state index is 13.2. The maximum atomic E-state index is 13.2. The predicted octanol–water partition coefficient (Wildman–Crippen LogP) is 2.33. The molecule has 0 spiro atoms. The average molecular weight is 409 g/mol. The van der Waals surface area contributed by atoms with E-state index in [2.05, 4.69) is 5.16 Å². The Morgan fingerprint density at radius 3 is 2.53 bits per heavy atom. The molecule has 3 rings (SSSR count). The SMILES string of the molecule is CO/N=C1/C[C@@H](C(=O)N(C)CCO)N(C(=O)c2ccc(-c3ccccc3C)cc2)C1. The molecule has 7 nitrogen and oxygen atoms in total. The number of benzene rings is 2. The van der Waals surface area contributed by atoms with E-state index in [1.807, 2.05) is 43.3 Å². The lowest BCUT2D eigenvalue weighted by Crippen LogP contribution is -2.47. The first-order chi connectivity index (χ1) is 14.5. The molecule has 0 bridgehead atoms. The fourth-order valence-corrected chi connectivity index (χ4v) is 3.70. The summed E-state index contributed by atoms with van der Waals surface area (Å²) >= 11 is 0. The van der Waals surface area contributed by atoms with Gasteiger partial charge in [-0.25, -0.2) is 0 Å². The summed E-state index contributed by atoms with van der Waals surface area (Å²) in [6.45, 7) is 2.35. The van der Waals surface area contributed by atoms with E-state index in [0.717, 1.165) is 16.7 Å². The molecule has 2 amide bonds. The number of carbonyl (C=O) groups excluding carboxylic acids is 2. The summed E-state index contributed by atoms with van der Waals surface area (Å²) in [5, 5.41) is 13.1. The number of oxime groups is 1. The Bertz CT molecular complexity index is 940. The van der Waals surface area contributed by atoms with Gasteiger partial charge in [0.05, 0.1) is 18.9 Å². The minimum atomic E-state index is -0.668. The van der Waals surface area contributed by atoms with Crippen LogP contribution in [0.25, 0.3) is 11.1 Å². The monoisotopic (exact) mass is 409 g/mol. The van der Waals surface area contributed by atoms with Crippen molar-refractivity contribution < 1.29 is 19.5 Å². The number of nitrogens with zero attached hydrogens (tertiary/aromatic N) is 3. The van der Waals surface area contributed by atoms with Crippen molar-refractivity contribution in [3.8, 4) is 11.1 Å². The molecular weight excluding hydrogens is 382 g/mol. The van der Waals surface area contributed by atoms with Crippen LogP contribution in [0, 0.1) is 6.92 Å². The van der Waals surface area contributed by atoms with Crippen molar-refractivity contribution in [1.29, 1.82) is 0 Å². The van der Waals surface area contributed by atoms with Gasteiger partial charge in [0.1, 0.15) is 13.2 Å². The van der Waals surface area contributed by atoms with Crippen LogP contribution in [0.15, 0.2) is 53.7 Å². The molecule has 0 aromatic heterocycles. The molecule has 0 unspecified atom stereocenters. The second-order valence-electron chi connectivity index (χ2n) is 7.37. The third-order valence-corrected chi connectivity index (χ3v) is 5.32. The fraction of sp³-hybridized carbons (Fsp3) is 0.348. The van der Waals surface area contributed by atoms with Gasteiger partial charge >= 0.3 is 0 Å². The molecule has 7 heteroatoms. The molecule has 1 heterocycles. The highest BCUT2D eigenvalue weighted by Gasteiger charge is 2.39. The number of rotatable bonds is 6. The van der Waals surface area contributed by atoms with E-state index in [-0.39, 0.29) is 31.5 Å². The first kappa shape index (κ1) is 21.5. The third kappa shape index (κ3) is 4.52. The minimum absolute atomic E-state index is 0.137. The van der Waals surface area contributed by atoms with Crippen molar-refractivity contribution in [2.45, 2.75) is 19.4 Å². The van der Waals surface area contributed by atoms with Crippen molar-refractivity contribution in [2.75, 3.05) is 33.9 Å². The number of aryl methyl sites for hydroxylation is 1. The molecule has 0 aliphatic carbocycles. The van der Waals surface area contributed by atoms with Gasteiger partial charge in [-0.3, -0.25) is 9.59 Å². The van der Waals surface area contributed by atoms with Crippen molar-refractivity contribution in [3.63, 3.8) is 0 Å². The van der Waals surface area contributed by atoms with Crippen LogP contribution in [-0.2, 0) is 9.63 Å². The highest BCUT2D eigenvalue weighted by molar-refractivity contribution is 6.05. The van der Waals surface area contributed by atoms with Crippen molar-refractivity contribution in [1.82, 2.24) is 9.80 Å². The van der Waals surface area contributed by atoms with Gasteiger partial charge in [-0.1, -0.05) is 41.6 Å². The standard InChI is InChI=1S/C23H27N3O4/c1-16-6-4-5-7-20(16)17-8-10-18(11-9-17)22(28)26-15-19(24-30-3)14-21(26)23(29)25(2)12-13-27/h4-11,21,27H,12-15H2,1-3H3/b24-19-/t21-/m0/s1. The smallest absolute Gasteiger partial charge is 0.254 e. The molecule has 30 heavy (non-hydrogen) atoms. The van der Waals surface area contributed by atoms with E-state index in [0.29, 0.717) is 17.7 Å². The van der Waals surface area contributed by atoms with E-state index >= 15 is 0 Å². The lowest BCUT2D eigenvalue weighted by Gasteiger charge is -2.27. The molecule has 2 aromatic carbocycles. The maximum Gasteiger partial charge on any atom is 0.254 e. The summed E-state index contributed by atoms with van der Waals surface area (Å²) in [7, 11) is 3.06. The topological polar surface area (TPSA) is 82.4 Å². The van der Waals surface area contributed by atoms with Crippen LogP contribution in [0.3, 0.4) is 0 Å². The van der Waals surface area contributed by atoms with Gasteiger partial charge in [-0.2, -0.15) is 0 Å². The lowest BCUT2D eigenvalue weighted by molar-refractivity contribution is -0.134. The summed E-state index contributed by atoms with van der Waals surface area (Å²) in [5.74, 6) is -0.460. The first-order valence-corrected chi connectivity index (χ1v) is 9.88. The van der Waals surface area contributed by atoms with Gasteiger partial charge in [-0.15, -0.1) is 0 Å². The Morgan fingerprint density at radius 1 is 1.20 bits per heavy atom. The predicted molar refractivity (Wildman–Crippen MR) is 115 cm³/mol. The van der Waals surface area contributed by atoms with Crippen molar-refractivity contribution in [2.24, 2.45) is 5.16 Å². The van der Waals surface area contributed by atoms with Crippen LogP contribution in [0.4, 0.5) is 0 Å². The van der Waals surface area contributed by atoms with E-state index in [9.17, 15) is 9.59 Å². The van der Waals surface area contributed by atoms with Crippen LogP contribution >= 0.6 is 0 Å². The molecule has 1 fully saturated rings. The van der Waals surface area contributed by atoms with E-state index in [1.54, 1.807) is 19.2 Å². The molecule has 1 saturated heterocycles. The van der Waals surface area contributed by atoms with Crippen LogP contribution in [0.2, 0.25) is 0 Å². The number of carbonyl (C=O) groups is 2.